The first-order valence-corrected chi connectivity index (χ1v) is 6.25. The fourth-order valence-corrected chi connectivity index (χ4v) is 1.82. The van der Waals surface area contributed by atoms with Gasteiger partial charge >= 0.3 is 0 Å². The third-order valence-corrected chi connectivity index (χ3v) is 2.75. The maximum atomic E-state index is 12.8. The lowest BCUT2D eigenvalue weighted by molar-refractivity contribution is 0.0879. The van der Waals surface area contributed by atoms with Crippen LogP contribution in [-0.2, 0) is 4.74 Å². The lowest BCUT2D eigenvalue weighted by Gasteiger charge is -2.11. The highest BCUT2D eigenvalue weighted by molar-refractivity contribution is 5.92. The molecular formula is C15H16FNO3. The molecule has 1 amide bonds. The molecule has 5 heteroatoms. The van der Waals surface area contributed by atoms with Gasteiger partial charge in [0.15, 0.2) is 5.76 Å². The van der Waals surface area contributed by atoms with Crippen molar-refractivity contribution in [2.45, 2.75) is 13.0 Å². The molecule has 106 valence electrons. The normalized spacial score (nSPS) is 12.2. The van der Waals surface area contributed by atoms with Gasteiger partial charge < -0.3 is 14.5 Å². The summed E-state index contributed by atoms with van der Waals surface area (Å²) >= 11 is 0. The number of amides is 1. The minimum atomic E-state index is -0.313. The van der Waals surface area contributed by atoms with Gasteiger partial charge in [-0.1, -0.05) is 0 Å². The Morgan fingerprint density at radius 2 is 2.00 bits per heavy atom. The number of halogens is 1. The Kier molecular flexibility index (Phi) is 4.53. The lowest BCUT2D eigenvalue weighted by atomic mass is 10.2. The van der Waals surface area contributed by atoms with Crippen LogP contribution in [0.1, 0.15) is 17.5 Å². The second kappa shape index (κ2) is 6.34. The fraction of sp³-hybridized carbons (Fsp3) is 0.267. The quantitative estimate of drug-likeness (QED) is 0.914. The number of ether oxygens (including phenoxy) is 1. The predicted molar refractivity (Wildman–Crippen MR) is 72.9 cm³/mol. The monoisotopic (exact) mass is 277 g/mol. The van der Waals surface area contributed by atoms with E-state index >= 15 is 0 Å². The molecule has 0 aliphatic heterocycles. The van der Waals surface area contributed by atoms with Crippen LogP contribution in [0.15, 0.2) is 40.8 Å². The smallest absolute Gasteiger partial charge is 0.287 e. The van der Waals surface area contributed by atoms with Crippen LogP contribution in [0.2, 0.25) is 0 Å². The zero-order valence-corrected chi connectivity index (χ0v) is 11.4. The molecular weight excluding hydrogens is 261 g/mol. The summed E-state index contributed by atoms with van der Waals surface area (Å²) in [7, 11) is 1.57. The summed E-state index contributed by atoms with van der Waals surface area (Å²) in [6.07, 6.45) is 0. The van der Waals surface area contributed by atoms with Gasteiger partial charge in [0.05, 0.1) is 6.61 Å². The number of methoxy groups -OCH3 is 1. The van der Waals surface area contributed by atoms with Crippen molar-refractivity contribution in [1.29, 1.82) is 0 Å². The number of hydrogen-bond acceptors (Lipinski definition) is 3. The Balaban J connectivity index is 2.08. The van der Waals surface area contributed by atoms with Crippen LogP contribution in [0.4, 0.5) is 4.39 Å². The maximum absolute atomic E-state index is 12.8. The third kappa shape index (κ3) is 3.45. The van der Waals surface area contributed by atoms with Crippen LogP contribution in [0.5, 0.6) is 0 Å². The largest absolute Gasteiger partial charge is 0.451 e. The minimum absolute atomic E-state index is 0.105. The van der Waals surface area contributed by atoms with Crippen LogP contribution in [0.3, 0.4) is 0 Å². The lowest BCUT2D eigenvalue weighted by Crippen LogP contribution is -2.35. The highest BCUT2D eigenvalue weighted by Gasteiger charge is 2.14. The molecule has 1 heterocycles. The topological polar surface area (TPSA) is 51.5 Å². The zero-order chi connectivity index (χ0) is 14.5. The van der Waals surface area contributed by atoms with Crippen molar-refractivity contribution < 1.29 is 18.3 Å². The van der Waals surface area contributed by atoms with E-state index in [1.807, 2.05) is 6.92 Å². The van der Waals surface area contributed by atoms with E-state index in [-0.39, 0.29) is 23.5 Å². The first-order chi connectivity index (χ1) is 9.60. The average Bonchev–Trinajstić information content (AvgIpc) is 2.89. The summed E-state index contributed by atoms with van der Waals surface area (Å²) in [6.45, 7) is 2.27. The molecule has 2 aromatic rings. The fourth-order valence-electron chi connectivity index (χ4n) is 1.82. The van der Waals surface area contributed by atoms with Crippen LogP contribution < -0.4 is 5.32 Å². The van der Waals surface area contributed by atoms with Gasteiger partial charge in [0.2, 0.25) is 0 Å². The molecule has 1 N–H and O–H groups in total. The van der Waals surface area contributed by atoms with Gasteiger partial charge in [-0.25, -0.2) is 4.39 Å². The molecule has 0 spiro atoms. The number of benzene rings is 1. The van der Waals surface area contributed by atoms with E-state index in [9.17, 15) is 9.18 Å². The number of furan rings is 1. The van der Waals surface area contributed by atoms with Gasteiger partial charge in [-0.3, -0.25) is 4.79 Å². The maximum Gasteiger partial charge on any atom is 0.287 e. The van der Waals surface area contributed by atoms with Crippen LogP contribution in [0.25, 0.3) is 11.3 Å². The molecule has 0 aliphatic rings. The van der Waals surface area contributed by atoms with Crippen LogP contribution in [0, 0.1) is 5.82 Å². The molecule has 1 aromatic heterocycles. The number of carbonyl (C=O) groups is 1. The van der Waals surface area contributed by atoms with E-state index in [2.05, 4.69) is 5.32 Å². The molecule has 4 nitrogen and oxygen atoms in total. The van der Waals surface area contributed by atoms with Crippen molar-refractivity contribution in [1.82, 2.24) is 5.32 Å². The van der Waals surface area contributed by atoms with Crippen molar-refractivity contribution in [3.63, 3.8) is 0 Å². The summed E-state index contributed by atoms with van der Waals surface area (Å²) in [5, 5.41) is 2.75. The SMILES string of the molecule is COCC(C)NC(=O)c1ccc(-c2ccc(F)cc2)o1. The predicted octanol–water partition coefficient (Wildman–Crippen LogP) is 2.85. The molecule has 0 bridgehead atoms. The van der Waals surface area contributed by atoms with E-state index in [1.54, 1.807) is 31.4 Å². The Bertz CT molecular complexity index is 577. The van der Waals surface area contributed by atoms with E-state index < -0.39 is 0 Å². The van der Waals surface area contributed by atoms with Gasteiger partial charge in [-0.05, 0) is 43.3 Å². The van der Waals surface area contributed by atoms with Crippen molar-refractivity contribution in [3.8, 4) is 11.3 Å². The molecule has 0 radical (unpaired) electrons. The summed E-state index contributed by atoms with van der Waals surface area (Å²) in [5.41, 5.74) is 0.718. The molecule has 0 fully saturated rings. The van der Waals surface area contributed by atoms with Gasteiger partial charge in [-0.2, -0.15) is 0 Å². The number of nitrogens with one attached hydrogen (secondary N) is 1. The minimum Gasteiger partial charge on any atom is -0.451 e. The third-order valence-electron chi connectivity index (χ3n) is 2.75. The molecule has 1 unspecified atom stereocenters. The Morgan fingerprint density at radius 3 is 2.65 bits per heavy atom. The van der Waals surface area contributed by atoms with Crippen molar-refractivity contribution in [3.05, 3.63) is 48.0 Å². The summed E-state index contributed by atoms with van der Waals surface area (Å²) in [4.78, 5) is 11.9. The summed E-state index contributed by atoms with van der Waals surface area (Å²) in [6, 6.07) is 9.06. The number of hydrogen-bond donors (Lipinski definition) is 1. The highest BCUT2D eigenvalue weighted by Crippen LogP contribution is 2.22. The van der Waals surface area contributed by atoms with Gasteiger partial charge in [-0.15, -0.1) is 0 Å². The van der Waals surface area contributed by atoms with Crippen LogP contribution >= 0.6 is 0 Å². The first kappa shape index (κ1) is 14.3. The molecule has 1 aromatic carbocycles. The first-order valence-electron chi connectivity index (χ1n) is 6.25. The van der Waals surface area contributed by atoms with Gasteiger partial charge in [0, 0.05) is 18.7 Å². The van der Waals surface area contributed by atoms with Crippen molar-refractivity contribution in [2.75, 3.05) is 13.7 Å². The summed E-state index contributed by atoms with van der Waals surface area (Å²) < 4.78 is 23.3. The van der Waals surface area contributed by atoms with E-state index in [0.717, 1.165) is 5.56 Å². The standard InChI is InChI=1S/C15H16FNO3/c1-10(9-19-2)17-15(18)14-8-7-13(20-14)11-3-5-12(16)6-4-11/h3-8,10H,9H2,1-2H3,(H,17,18). The molecule has 0 saturated heterocycles. The molecule has 1 atom stereocenters. The second-order valence-corrected chi connectivity index (χ2v) is 4.50. The average molecular weight is 277 g/mol. The van der Waals surface area contributed by atoms with Gasteiger partial charge in [0.25, 0.3) is 5.91 Å². The van der Waals surface area contributed by atoms with Gasteiger partial charge in [0.1, 0.15) is 11.6 Å². The number of rotatable bonds is 5. The van der Waals surface area contributed by atoms with Crippen molar-refractivity contribution >= 4 is 5.91 Å². The van der Waals surface area contributed by atoms with E-state index in [1.165, 1.54) is 12.1 Å². The Hall–Kier alpha value is -2.14. The number of carbonyl (C=O) groups excluding carboxylic acids is 1. The summed E-state index contributed by atoms with van der Waals surface area (Å²) in [5.74, 6) is 0.122. The van der Waals surface area contributed by atoms with E-state index in [0.29, 0.717) is 12.4 Å². The van der Waals surface area contributed by atoms with Crippen LogP contribution in [-0.4, -0.2) is 25.7 Å². The second-order valence-electron chi connectivity index (χ2n) is 4.50. The Labute approximate surface area is 116 Å². The molecule has 20 heavy (non-hydrogen) atoms. The van der Waals surface area contributed by atoms with Crippen molar-refractivity contribution in [2.24, 2.45) is 0 Å². The molecule has 0 aliphatic carbocycles. The zero-order valence-electron chi connectivity index (χ0n) is 11.4. The Morgan fingerprint density at radius 1 is 1.30 bits per heavy atom. The highest BCUT2D eigenvalue weighted by atomic mass is 19.1. The van der Waals surface area contributed by atoms with E-state index in [4.69, 9.17) is 9.15 Å². The molecule has 2 rings (SSSR count). The molecule has 0 saturated carbocycles.